The summed E-state index contributed by atoms with van der Waals surface area (Å²) in [7, 11) is 0. The van der Waals surface area contributed by atoms with Crippen LogP contribution in [0.4, 0.5) is 5.82 Å². The number of aryl methyl sites for hydroxylation is 2. The number of carboxylic acids is 1. The first-order valence-electron chi connectivity index (χ1n) is 8.41. The Balaban J connectivity index is 2.15. The molecule has 1 aromatic carbocycles. The first-order chi connectivity index (χ1) is 12.4. The highest BCUT2D eigenvalue weighted by molar-refractivity contribution is 7.19. The summed E-state index contributed by atoms with van der Waals surface area (Å²) >= 11 is 1.58. The summed E-state index contributed by atoms with van der Waals surface area (Å²) in [6, 6.07) is 7.13. The van der Waals surface area contributed by atoms with Crippen LogP contribution in [0.1, 0.15) is 24.5 Å². The number of rotatable bonds is 6. The van der Waals surface area contributed by atoms with E-state index in [0.717, 1.165) is 32.0 Å². The molecule has 2 aromatic heterocycles. The van der Waals surface area contributed by atoms with Crippen LogP contribution in [0.5, 0.6) is 5.75 Å². The van der Waals surface area contributed by atoms with Gasteiger partial charge in [0, 0.05) is 10.4 Å². The molecule has 0 bridgehead atoms. The molecule has 2 N–H and O–H groups in total. The fourth-order valence-corrected chi connectivity index (χ4v) is 3.91. The second kappa shape index (κ2) is 7.29. The van der Waals surface area contributed by atoms with E-state index in [0.29, 0.717) is 18.2 Å². The highest BCUT2D eigenvalue weighted by Crippen LogP contribution is 2.41. The number of ether oxygens (including phenoxy) is 1. The van der Waals surface area contributed by atoms with Crippen LogP contribution in [0.25, 0.3) is 21.3 Å². The fraction of sp³-hybridized carbons (Fsp3) is 0.316. The number of fused-ring (bicyclic) bond motifs is 1. The molecule has 1 unspecified atom stereocenters. The molecule has 0 aliphatic heterocycles. The first-order valence-corrected chi connectivity index (χ1v) is 9.22. The number of carboxylic acid groups (broad SMARTS) is 1. The topological polar surface area (TPSA) is 84.3 Å². The highest BCUT2D eigenvalue weighted by Gasteiger charge is 2.20. The van der Waals surface area contributed by atoms with Crippen molar-refractivity contribution in [2.75, 3.05) is 11.9 Å². The summed E-state index contributed by atoms with van der Waals surface area (Å²) < 4.78 is 5.51. The lowest BCUT2D eigenvalue weighted by Gasteiger charge is -2.13. The Morgan fingerprint density at radius 2 is 1.96 bits per heavy atom. The summed E-state index contributed by atoms with van der Waals surface area (Å²) in [5.41, 5.74) is 2.05. The number of hydrogen-bond acceptors (Lipinski definition) is 6. The van der Waals surface area contributed by atoms with Crippen molar-refractivity contribution >= 4 is 33.3 Å². The molecule has 3 aromatic rings. The van der Waals surface area contributed by atoms with Crippen molar-refractivity contribution in [1.82, 2.24) is 9.97 Å². The second-order valence-corrected chi connectivity index (χ2v) is 7.20. The maximum Gasteiger partial charge on any atom is 0.325 e. The Hall–Kier alpha value is -2.67. The van der Waals surface area contributed by atoms with Crippen LogP contribution in [-0.4, -0.2) is 33.7 Å². The fourth-order valence-electron chi connectivity index (χ4n) is 2.82. The number of thiophene rings is 1. The molecule has 0 radical (unpaired) electrons. The molecule has 0 fully saturated rings. The predicted octanol–water partition coefficient (Wildman–Crippen LogP) is 4.26. The Labute approximate surface area is 155 Å². The average molecular weight is 371 g/mol. The Kier molecular flexibility index (Phi) is 5.08. The zero-order valence-corrected chi connectivity index (χ0v) is 16.0. The molecule has 2 heterocycles. The summed E-state index contributed by atoms with van der Waals surface area (Å²) in [5.74, 6) is 1.05. The molecule has 136 valence electrons. The Morgan fingerprint density at radius 1 is 1.27 bits per heavy atom. The van der Waals surface area contributed by atoms with E-state index in [1.54, 1.807) is 18.3 Å². The van der Waals surface area contributed by atoms with Crippen LogP contribution < -0.4 is 10.1 Å². The molecule has 6 nitrogen and oxygen atoms in total. The minimum Gasteiger partial charge on any atom is -0.494 e. The smallest absolute Gasteiger partial charge is 0.325 e. The van der Waals surface area contributed by atoms with Gasteiger partial charge in [-0.2, -0.15) is 0 Å². The lowest BCUT2D eigenvalue weighted by molar-refractivity contribution is -0.137. The number of aliphatic carboxylic acids is 1. The van der Waals surface area contributed by atoms with Gasteiger partial charge >= 0.3 is 5.97 Å². The lowest BCUT2D eigenvalue weighted by Crippen LogP contribution is -2.26. The maximum absolute atomic E-state index is 11.3. The van der Waals surface area contributed by atoms with E-state index in [1.165, 1.54) is 0 Å². The molecule has 7 heteroatoms. The normalized spacial score (nSPS) is 12.2. The third-order valence-electron chi connectivity index (χ3n) is 4.02. The molecule has 0 saturated carbocycles. The van der Waals surface area contributed by atoms with E-state index in [1.807, 2.05) is 45.0 Å². The minimum atomic E-state index is -0.927. The van der Waals surface area contributed by atoms with Gasteiger partial charge in [0.05, 0.1) is 12.0 Å². The van der Waals surface area contributed by atoms with Crippen molar-refractivity contribution in [1.29, 1.82) is 0 Å². The van der Waals surface area contributed by atoms with E-state index >= 15 is 0 Å². The predicted molar refractivity (Wildman–Crippen MR) is 104 cm³/mol. The summed E-state index contributed by atoms with van der Waals surface area (Å²) in [4.78, 5) is 22.2. The van der Waals surface area contributed by atoms with Crippen LogP contribution in [0, 0.1) is 13.8 Å². The number of nitrogens with zero attached hydrogens (tertiary/aromatic N) is 2. The largest absolute Gasteiger partial charge is 0.494 e. The molecular formula is C19H21N3O3S. The van der Waals surface area contributed by atoms with Gasteiger partial charge in [0.1, 0.15) is 28.3 Å². The third kappa shape index (κ3) is 3.48. The van der Waals surface area contributed by atoms with Crippen molar-refractivity contribution in [3.05, 3.63) is 35.0 Å². The zero-order valence-electron chi connectivity index (χ0n) is 15.2. The standard InChI is InChI=1S/C19H21N3O3S/c1-5-25-14-8-6-13(7-9-14)15-11(3)26-18-16(15)17(21-12(4)22-18)20-10(2)19(23)24/h6-10H,5H2,1-4H3,(H,23,24)(H,20,21,22). The summed E-state index contributed by atoms with van der Waals surface area (Å²) in [5, 5.41) is 13.1. The number of anilines is 1. The molecule has 1 atom stereocenters. The number of carbonyl (C=O) groups is 1. The van der Waals surface area contributed by atoms with E-state index in [9.17, 15) is 9.90 Å². The highest BCUT2D eigenvalue weighted by atomic mass is 32.1. The molecule has 0 amide bonds. The van der Waals surface area contributed by atoms with E-state index < -0.39 is 12.0 Å². The molecular weight excluding hydrogens is 350 g/mol. The third-order valence-corrected chi connectivity index (χ3v) is 5.02. The van der Waals surface area contributed by atoms with Crippen molar-refractivity contribution in [3.8, 4) is 16.9 Å². The average Bonchev–Trinajstić information content (AvgIpc) is 2.91. The number of aromatic nitrogens is 2. The maximum atomic E-state index is 11.3. The summed E-state index contributed by atoms with van der Waals surface area (Å²) in [6.45, 7) is 8.01. The molecule has 0 aliphatic carbocycles. The summed E-state index contributed by atoms with van der Waals surface area (Å²) in [6.07, 6.45) is 0. The first kappa shape index (κ1) is 18.1. The molecule has 0 spiro atoms. The van der Waals surface area contributed by atoms with Crippen LogP contribution in [0.3, 0.4) is 0 Å². The molecule has 26 heavy (non-hydrogen) atoms. The van der Waals surface area contributed by atoms with Gasteiger partial charge < -0.3 is 15.2 Å². The van der Waals surface area contributed by atoms with Gasteiger partial charge in [-0.05, 0) is 45.4 Å². The van der Waals surface area contributed by atoms with Crippen molar-refractivity contribution in [2.24, 2.45) is 0 Å². The molecule has 0 aliphatic rings. The van der Waals surface area contributed by atoms with Gasteiger partial charge in [-0.3, -0.25) is 4.79 Å². The van der Waals surface area contributed by atoms with E-state index in [-0.39, 0.29) is 0 Å². The van der Waals surface area contributed by atoms with Gasteiger partial charge in [-0.25, -0.2) is 9.97 Å². The Morgan fingerprint density at radius 3 is 2.58 bits per heavy atom. The SMILES string of the molecule is CCOc1ccc(-c2c(C)sc3nc(C)nc(NC(C)C(=O)O)c23)cc1. The molecule has 3 rings (SSSR count). The number of benzene rings is 1. The quantitative estimate of drug-likeness (QED) is 0.673. The van der Waals surface area contributed by atoms with Crippen LogP contribution >= 0.6 is 11.3 Å². The second-order valence-electron chi connectivity index (χ2n) is 5.99. The lowest BCUT2D eigenvalue weighted by atomic mass is 10.0. The van der Waals surface area contributed by atoms with Gasteiger partial charge in [0.2, 0.25) is 0 Å². The van der Waals surface area contributed by atoms with Crippen LogP contribution in [0.15, 0.2) is 24.3 Å². The van der Waals surface area contributed by atoms with Gasteiger partial charge in [-0.15, -0.1) is 11.3 Å². The van der Waals surface area contributed by atoms with Gasteiger partial charge in [-0.1, -0.05) is 12.1 Å². The van der Waals surface area contributed by atoms with E-state index in [4.69, 9.17) is 4.74 Å². The van der Waals surface area contributed by atoms with Crippen molar-refractivity contribution in [3.63, 3.8) is 0 Å². The zero-order chi connectivity index (χ0) is 18.8. The van der Waals surface area contributed by atoms with Gasteiger partial charge in [0.25, 0.3) is 0 Å². The minimum absolute atomic E-state index is 0.552. The Bertz CT molecular complexity index is 951. The van der Waals surface area contributed by atoms with Gasteiger partial charge in [0.15, 0.2) is 0 Å². The monoisotopic (exact) mass is 371 g/mol. The number of hydrogen-bond donors (Lipinski definition) is 2. The van der Waals surface area contributed by atoms with Crippen LogP contribution in [-0.2, 0) is 4.79 Å². The number of nitrogens with one attached hydrogen (secondary N) is 1. The van der Waals surface area contributed by atoms with E-state index in [2.05, 4.69) is 15.3 Å². The van der Waals surface area contributed by atoms with Crippen molar-refractivity contribution in [2.45, 2.75) is 33.7 Å². The van der Waals surface area contributed by atoms with Crippen molar-refractivity contribution < 1.29 is 14.6 Å². The molecule has 0 saturated heterocycles. The van der Waals surface area contributed by atoms with Crippen LogP contribution in [0.2, 0.25) is 0 Å².